The van der Waals surface area contributed by atoms with E-state index in [1.54, 1.807) is 5.38 Å². The van der Waals surface area contributed by atoms with Crippen molar-refractivity contribution in [2.45, 2.75) is 52.1 Å². The van der Waals surface area contributed by atoms with E-state index in [2.05, 4.69) is 4.98 Å². The number of aliphatic carboxylic acids is 1. The van der Waals surface area contributed by atoms with E-state index in [1.165, 1.54) is 11.3 Å². The van der Waals surface area contributed by atoms with Gasteiger partial charge in [0.05, 0.1) is 16.6 Å². The Hall–Kier alpha value is -0.940. The fourth-order valence-corrected chi connectivity index (χ4v) is 2.64. The van der Waals surface area contributed by atoms with E-state index < -0.39 is 18.0 Å². The molecule has 0 aromatic carbocycles. The number of aromatic nitrogens is 1. The Balaban J connectivity index is 2.92. The molecule has 0 spiro atoms. The van der Waals surface area contributed by atoms with Gasteiger partial charge in [0.1, 0.15) is 6.10 Å². The summed E-state index contributed by atoms with van der Waals surface area (Å²) in [5, 5.41) is 21.9. The second-order valence-electron chi connectivity index (χ2n) is 5.51. The first-order valence-corrected chi connectivity index (χ1v) is 7.02. The number of carbonyl (C=O) groups is 1. The van der Waals surface area contributed by atoms with Crippen LogP contribution in [0.15, 0.2) is 5.38 Å². The largest absolute Gasteiger partial charge is 0.481 e. The number of carboxylic acids is 1. The molecular formula is C13H21NO3S. The summed E-state index contributed by atoms with van der Waals surface area (Å²) in [7, 11) is 0. The summed E-state index contributed by atoms with van der Waals surface area (Å²) in [5.74, 6) is -1.74. The summed E-state index contributed by atoms with van der Waals surface area (Å²) in [6.07, 6.45) is 0.165. The van der Waals surface area contributed by atoms with Crippen LogP contribution in [0.3, 0.4) is 0 Å². The van der Waals surface area contributed by atoms with Crippen molar-refractivity contribution in [1.29, 1.82) is 0 Å². The standard InChI is InChI=1S/C13H21NO3S/c1-5-6-8(11(16)17)10(15)9-7-18-12(14-9)13(2,3)4/h7-8,10,15H,5-6H2,1-4H3,(H,16,17). The second kappa shape index (κ2) is 5.80. The van der Waals surface area contributed by atoms with Crippen LogP contribution in [0.1, 0.15) is 57.3 Å². The van der Waals surface area contributed by atoms with Gasteiger partial charge in [0.25, 0.3) is 0 Å². The van der Waals surface area contributed by atoms with E-state index in [9.17, 15) is 9.90 Å². The lowest BCUT2D eigenvalue weighted by molar-refractivity contribution is -0.146. The van der Waals surface area contributed by atoms with Crippen LogP contribution in [-0.2, 0) is 10.2 Å². The maximum absolute atomic E-state index is 11.1. The smallest absolute Gasteiger partial charge is 0.309 e. The summed E-state index contributed by atoms with van der Waals surface area (Å²) in [4.78, 5) is 15.5. The van der Waals surface area contributed by atoms with Crippen molar-refractivity contribution >= 4 is 17.3 Å². The molecule has 2 atom stereocenters. The lowest BCUT2D eigenvalue weighted by Crippen LogP contribution is -2.22. The first-order valence-electron chi connectivity index (χ1n) is 6.14. The van der Waals surface area contributed by atoms with E-state index in [4.69, 9.17) is 5.11 Å². The molecule has 0 saturated carbocycles. The molecular weight excluding hydrogens is 250 g/mol. The maximum atomic E-state index is 11.1. The molecule has 0 amide bonds. The van der Waals surface area contributed by atoms with Crippen molar-refractivity contribution in [3.8, 4) is 0 Å². The average molecular weight is 271 g/mol. The number of hydrogen-bond donors (Lipinski definition) is 2. The van der Waals surface area contributed by atoms with Gasteiger partial charge in [-0.25, -0.2) is 4.98 Å². The van der Waals surface area contributed by atoms with E-state index in [1.807, 2.05) is 27.7 Å². The van der Waals surface area contributed by atoms with Crippen LogP contribution in [0.25, 0.3) is 0 Å². The SMILES string of the molecule is CCCC(C(=O)O)C(O)c1csc(C(C)(C)C)n1. The van der Waals surface area contributed by atoms with Crippen molar-refractivity contribution in [3.05, 3.63) is 16.1 Å². The topological polar surface area (TPSA) is 70.4 Å². The fourth-order valence-electron chi connectivity index (χ4n) is 1.70. The molecule has 4 nitrogen and oxygen atoms in total. The highest BCUT2D eigenvalue weighted by Crippen LogP contribution is 2.31. The third-order valence-electron chi connectivity index (χ3n) is 2.76. The lowest BCUT2D eigenvalue weighted by atomic mass is 9.95. The zero-order valence-electron chi connectivity index (χ0n) is 11.3. The number of nitrogens with zero attached hydrogens (tertiary/aromatic N) is 1. The second-order valence-corrected chi connectivity index (χ2v) is 6.36. The van der Waals surface area contributed by atoms with Gasteiger partial charge in [0, 0.05) is 10.8 Å². The summed E-state index contributed by atoms with van der Waals surface area (Å²) >= 11 is 1.47. The summed E-state index contributed by atoms with van der Waals surface area (Å²) in [6, 6.07) is 0. The van der Waals surface area contributed by atoms with Crippen LogP contribution in [0.2, 0.25) is 0 Å². The number of aliphatic hydroxyl groups excluding tert-OH is 1. The van der Waals surface area contributed by atoms with Gasteiger partial charge in [0.15, 0.2) is 0 Å². The van der Waals surface area contributed by atoms with Crippen molar-refractivity contribution < 1.29 is 15.0 Å². The van der Waals surface area contributed by atoms with Gasteiger partial charge in [-0.3, -0.25) is 4.79 Å². The Morgan fingerprint density at radius 3 is 2.50 bits per heavy atom. The molecule has 1 aromatic heterocycles. The number of aliphatic hydroxyl groups is 1. The molecule has 0 aliphatic heterocycles. The minimum atomic E-state index is -1.02. The van der Waals surface area contributed by atoms with Crippen molar-refractivity contribution in [1.82, 2.24) is 4.98 Å². The molecule has 1 heterocycles. The van der Waals surface area contributed by atoms with E-state index in [-0.39, 0.29) is 5.41 Å². The molecule has 1 aromatic rings. The van der Waals surface area contributed by atoms with Crippen LogP contribution in [0.4, 0.5) is 0 Å². The molecule has 0 bridgehead atoms. The van der Waals surface area contributed by atoms with Crippen LogP contribution in [-0.4, -0.2) is 21.2 Å². The molecule has 18 heavy (non-hydrogen) atoms. The highest BCUT2D eigenvalue weighted by molar-refractivity contribution is 7.09. The summed E-state index contributed by atoms with van der Waals surface area (Å²) < 4.78 is 0. The minimum Gasteiger partial charge on any atom is -0.481 e. The normalized spacial score (nSPS) is 15.4. The van der Waals surface area contributed by atoms with Crippen LogP contribution in [0, 0.1) is 5.92 Å². The number of thiazole rings is 1. The third kappa shape index (κ3) is 3.53. The Labute approximate surface area is 112 Å². The molecule has 0 fully saturated rings. The Morgan fingerprint density at radius 2 is 2.11 bits per heavy atom. The van der Waals surface area contributed by atoms with E-state index >= 15 is 0 Å². The van der Waals surface area contributed by atoms with Gasteiger partial charge in [0.2, 0.25) is 0 Å². The highest BCUT2D eigenvalue weighted by Gasteiger charge is 2.29. The molecule has 102 valence electrons. The predicted octanol–water partition coefficient (Wildman–Crippen LogP) is 2.97. The fraction of sp³-hybridized carbons (Fsp3) is 0.692. The van der Waals surface area contributed by atoms with E-state index in [0.29, 0.717) is 12.1 Å². The molecule has 0 aliphatic rings. The van der Waals surface area contributed by atoms with E-state index in [0.717, 1.165) is 11.4 Å². The number of rotatable bonds is 5. The molecule has 0 radical (unpaired) electrons. The summed E-state index contributed by atoms with van der Waals surface area (Å²) in [5.41, 5.74) is 0.400. The van der Waals surface area contributed by atoms with Gasteiger partial charge < -0.3 is 10.2 Å². The Morgan fingerprint density at radius 1 is 1.50 bits per heavy atom. The lowest BCUT2D eigenvalue weighted by Gasteiger charge is -2.17. The first-order chi connectivity index (χ1) is 8.27. The van der Waals surface area contributed by atoms with Gasteiger partial charge in [-0.2, -0.15) is 0 Å². The molecule has 5 heteroatoms. The monoisotopic (exact) mass is 271 g/mol. The van der Waals surface area contributed by atoms with Crippen molar-refractivity contribution in [2.75, 3.05) is 0 Å². The maximum Gasteiger partial charge on any atom is 0.309 e. The number of hydrogen-bond acceptors (Lipinski definition) is 4. The highest BCUT2D eigenvalue weighted by atomic mass is 32.1. The summed E-state index contributed by atoms with van der Waals surface area (Å²) in [6.45, 7) is 8.04. The predicted molar refractivity (Wildman–Crippen MR) is 71.8 cm³/mol. The molecule has 2 unspecified atom stereocenters. The van der Waals surface area contributed by atoms with Gasteiger partial charge in [-0.1, -0.05) is 34.1 Å². The van der Waals surface area contributed by atoms with Crippen LogP contribution < -0.4 is 0 Å². The van der Waals surface area contributed by atoms with Crippen LogP contribution in [0.5, 0.6) is 0 Å². The van der Waals surface area contributed by atoms with Crippen molar-refractivity contribution in [3.63, 3.8) is 0 Å². The first kappa shape index (κ1) is 15.1. The van der Waals surface area contributed by atoms with Gasteiger partial charge in [-0.05, 0) is 6.42 Å². The third-order valence-corrected chi connectivity index (χ3v) is 4.05. The van der Waals surface area contributed by atoms with Crippen LogP contribution >= 0.6 is 11.3 Å². The van der Waals surface area contributed by atoms with Gasteiger partial charge >= 0.3 is 5.97 Å². The minimum absolute atomic E-state index is 0.0773. The van der Waals surface area contributed by atoms with Gasteiger partial charge in [-0.15, -0.1) is 11.3 Å². The zero-order valence-corrected chi connectivity index (χ0v) is 12.1. The molecule has 1 rings (SSSR count). The number of carboxylic acid groups (broad SMARTS) is 1. The van der Waals surface area contributed by atoms with Crippen molar-refractivity contribution in [2.24, 2.45) is 5.92 Å². The molecule has 0 saturated heterocycles. The Bertz CT molecular complexity index is 409. The average Bonchev–Trinajstić information content (AvgIpc) is 2.73. The molecule has 2 N–H and O–H groups in total. The quantitative estimate of drug-likeness (QED) is 0.863. The Kier molecular flexibility index (Phi) is 4.87. The zero-order chi connectivity index (χ0) is 13.9. The molecule has 0 aliphatic carbocycles.